The Morgan fingerprint density at radius 2 is 2.04 bits per heavy atom. The van der Waals surface area contributed by atoms with E-state index in [1.54, 1.807) is 35.1 Å². The summed E-state index contributed by atoms with van der Waals surface area (Å²) in [7, 11) is 0. The molecule has 0 spiro atoms. The van der Waals surface area contributed by atoms with Gasteiger partial charge in [0.2, 0.25) is 5.95 Å². The predicted molar refractivity (Wildman–Crippen MR) is 82.8 cm³/mol. The highest BCUT2D eigenvalue weighted by atomic mass is 19.1. The Bertz CT molecular complexity index is 988. The van der Waals surface area contributed by atoms with Crippen molar-refractivity contribution in [3.63, 3.8) is 0 Å². The van der Waals surface area contributed by atoms with Crippen LogP contribution in [0.1, 0.15) is 5.56 Å². The molecule has 4 aromatic rings. The van der Waals surface area contributed by atoms with E-state index in [1.807, 2.05) is 6.07 Å². The zero-order valence-electron chi connectivity index (χ0n) is 11.9. The van der Waals surface area contributed by atoms with Crippen LogP contribution < -0.4 is 5.73 Å². The number of benzene rings is 1. The van der Waals surface area contributed by atoms with E-state index in [0.29, 0.717) is 22.7 Å². The molecule has 0 aliphatic rings. The van der Waals surface area contributed by atoms with E-state index >= 15 is 0 Å². The molecule has 0 fully saturated rings. The topological polar surface area (TPSA) is 98.3 Å². The molecule has 3 N–H and O–H groups in total. The van der Waals surface area contributed by atoms with Gasteiger partial charge >= 0.3 is 0 Å². The maximum absolute atomic E-state index is 13.9. The summed E-state index contributed by atoms with van der Waals surface area (Å²) in [6.07, 6.45) is 1.67. The van der Waals surface area contributed by atoms with E-state index in [1.165, 1.54) is 6.07 Å². The zero-order chi connectivity index (χ0) is 15.8. The maximum Gasteiger partial charge on any atom is 0.239 e. The van der Waals surface area contributed by atoms with Gasteiger partial charge in [-0.25, -0.2) is 14.1 Å². The molecule has 8 heteroatoms. The first kappa shape index (κ1) is 13.4. The molecule has 0 saturated heterocycles. The number of nitrogens with two attached hydrogens (primary N) is 1. The molecule has 0 bridgehead atoms. The van der Waals surface area contributed by atoms with Crippen molar-refractivity contribution in [2.75, 3.05) is 5.73 Å². The van der Waals surface area contributed by atoms with Crippen LogP contribution in [0.5, 0.6) is 0 Å². The Morgan fingerprint density at radius 3 is 2.83 bits per heavy atom. The molecule has 3 aromatic heterocycles. The molecule has 0 saturated carbocycles. The third kappa shape index (κ3) is 2.30. The number of pyridine rings is 1. The average molecular weight is 309 g/mol. The van der Waals surface area contributed by atoms with E-state index in [4.69, 9.17) is 5.73 Å². The maximum atomic E-state index is 13.9. The normalized spacial score (nSPS) is 11.2. The monoisotopic (exact) mass is 309 g/mol. The fraction of sp³-hybridized carbons (Fsp3) is 0.0667. The van der Waals surface area contributed by atoms with Gasteiger partial charge in [-0.15, -0.1) is 5.10 Å². The number of hydrogen-bond acceptors (Lipinski definition) is 5. The Morgan fingerprint density at radius 1 is 1.17 bits per heavy atom. The molecule has 0 radical (unpaired) electrons. The van der Waals surface area contributed by atoms with E-state index in [-0.39, 0.29) is 18.3 Å². The molecule has 1 aromatic carbocycles. The molecule has 0 aliphatic heterocycles. The molecule has 0 amide bonds. The van der Waals surface area contributed by atoms with E-state index < -0.39 is 0 Å². The molecule has 7 nitrogen and oxygen atoms in total. The van der Waals surface area contributed by atoms with Gasteiger partial charge in [0.15, 0.2) is 11.5 Å². The fourth-order valence-electron chi connectivity index (χ4n) is 2.46. The highest BCUT2D eigenvalue weighted by Crippen LogP contribution is 2.25. The summed E-state index contributed by atoms with van der Waals surface area (Å²) in [6, 6.07) is 10.3. The molecule has 0 unspecified atom stereocenters. The van der Waals surface area contributed by atoms with Crippen LogP contribution in [0.3, 0.4) is 0 Å². The zero-order valence-corrected chi connectivity index (χ0v) is 11.9. The summed E-state index contributed by atoms with van der Waals surface area (Å²) < 4.78 is 15.5. The fourth-order valence-corrected chi connectivity index (χ4v) is 2.46. The summed E-state index contributed by atoms with van der Waals surface area (Å²) >= 11 is 0. The minimum atomic E-state index is -0.280. The molecule has 23 heavy (non-hydrogen) atoms. The van der Waals surface area contributed by atoms with Crippen molar-refractivity contribution in [3.05, 3.63) is 54.0 Å². The first-order valence-electron chi connectivity index (χ1n) is 6.95. The quantitative estimate of drug-likeness (QED) is 0.603. The number of aromatic nitrogens is 6. The number of nitrogens with one attached hydrogen (secondary N) is 1. The summed E-state index contributed by atoms with van der Waals surface area (Å²) in [5, 5.41) is 11.9. The van der Waals surface area contributed by atoms with Crippen LogP contribution in [0.2, 0.25) is 0 Å². The second-order valence-electron chi connectivity index (χ2n) is 5.01. The smallest absolute Gasteiger partial charge is 0.239 e. The summed E-state index contributed by atoms with van der Waals surface area (Å²) in [4.78, 5) is 8.45. The van der Waals surface area contributed by atoms with Gasteiger partial charge in [0.05, 0.1) is 11.9 Å². The highest BCUT2D eigenvalue weighted by Gasteiger charge is 2.16. The average Bonchev–Trinajstić information content (AvgIpc) is 3.14. The lowest BCUT2D eigenvalue weighted by Crippen LogP contribution is -2.04. The van der Waals surface area contributed by atoms with Gasteiger partial charge < -0.3 is 5.73 Å². The number of nitrogen functional groups attached to an aromatic ring is 1. The standard InChI is InChI=1S/C15H12FN7/c16-11-6-2-1-4-9(11)8-23-14-10(5-3-7-18-14)12(22-23)13-19-15(17)21-20-13/h1-7H,8H2,(H3,17,19,20,21). The molecule has 3 heterocycles. The molecule has 114 valence electrons. The largest absolute Gasteiger partial charge is 0.366 e. The van der Waals surface area contributed by atoms with Gasteiger partial charge in [-0.05, 0) is 18.2 Å². The van der Waals surface area contributed by atoms with Crippen LogP contribution in [-0.2, 0) is 6.54 Å². The van der Waals surface area contributed by atoms with E-state index in [0.717, 1.165) is 5.39 Å². The van der Waals surface area contributed by atoms with Gasteiger partial charge in [0.25, 0.3) is 0 Å². The second-order valence-corrected chi connectivity index (χ2v) is 5.01. The van der Waals surface area contributed by atoms with Gasteiger partial charge in [-0.2, -0.15) is 10.1 Å². The van der Waals surface area contributed by atoms with Crippen LogP contribution in [0, 0.1) is 5.82 Å². The number of hydrogen-bond donors (Lipinski definition) is 2. The second kappa shape index (κ2) is 5.16. The van der Waals surface area contributed by atoms with E-state index in [2.05, 4.69) is 25.3 Å². The van der Waals surface area contributed by atoms with Gasteiger partial charge in [-0.3, -0.25) is 5.10 Å². The lowest BCUT2D eigenvalue weighted by Gasteiger charge is -2.04. The molecular formula is C15H12FN7. The first-order valence-corrected chi connectivity index (χ1v) is 6.95. The number of halogens is 1. The SMILES string of the molecule is Nc1n[nH]c(-c2nn(Cc3ccccc3F)c3ncccc23)n1. The van der Waals surface area contributed by atoms with Crippen LogP contribution in [0.4, 0.5) is 10.3 Å². The van der Waals surface area contributed by atoms with Crippen LogP contribution in [0.25, 0.3) is 22.6 Å². The molecule has 0 atom stereocenters. The number of H-pyrrole nitrogens is 1. The predicted octanol–water partition coefficient (Wildman–Crippen LogP) is 1.99. The third-order valence-electron chi connectivity index (χ3n) is 3.51. The van der Waals surface area contributed by atoms with Gasteiger partial charge in [-0.1, -0.05) is 18.2 Å². The van der Waals surface area contributed by atoms with Crippen LogP contribution >= 0.6 is 0 Å². The minimum Gasteiger partial charge on any atom is -0.366 e. The van der Waals surface area contributed by atoms with Crippen molar-refractivity contribution in [2.24, 2.45) is 0 Å². The lowest BCUT2D eigenvalue weighted by molar-refractivity contribution is 0.589. The number of nitrogens with zero attached hydrogens (tertiary/aromatic N) is 5. The Kier molecular flexibility index (Phi) is 3.00. The number of anilines is 1. The summed E-state index contributed by atoms with van der Waals surface area (Å²) in [6.45, 7) is 0.268. The third-order valence-corrected chi connectivity index (χ3v) is 3.51. The molecular weight excluding hydrogens is 297 g/mol. The summed E-state index contributed by atoms with van der Waals surface area (Å²) in [5.74, 6) is 0.311. The van der Waals surface area contributed by atoms with Crippen LogP contribution in [0.15, 0.2) is 42.6 Å². The van der Waals surface area contributed by atoms with Crippen molar-refractivity contribution in [1.29, 1.82) is 0 Å². The minimum absolute atomic E-state index is 0.140. The first-order chi connectivity index (χ1) is 11.2. The lowest BCUT2D eigenvalue weighted by atomic mass is 10.2. The van der Waals surface area contributed by atoms with Gasteiger partial charge in [0.1, 0.15) is 11.5 Å². The molecule has 4 rings (SSSR count). The van der Waals surface area contributed by atoms with E-state index in [9.17, 15) is 4.39 Å². The Labute approximate surface area is 130 Å². The van der Waals surface area contributed by atoms with Crippen LogP contribution in [-0.4, -0.2) is 29.9 Å². The van der Waals surface area contributed by atoms with Gasteiger partial charge in [0, 0.05) is 11.8 Å². The number of fused-ring (bicyclic) bond motifs is 1. The van der Waals surface area contributed by atoms with Crippen molar-refractivity contribution >= 4 is 17.0 Å². The number of rotatable bonds is 3. The van der Waals surface area contributed by atoms with Crippen molar-refractivity contribution in [3.8, 4) is 11.5 Å². The molecule has 0 aliphatic carbocycles. The number of aromatic amines is 1. The van der Waals surface area contributed by atoms with Crippen molar-refractivity contribution in [1.82, 2.24) is 29.9 Å². The highest BCUT2D eigenvalue weighted by molar-refractivity contribution is 5.89. The Hall–Kier alpha value is -3.29. The van der Waals surface area contributed by atoms with Crippen molar-refractivity contribution in [2.45, 2.75) is 6.54 Å². The Balaban J connectivity index is 1.86. The van der Waals surface area contributed by atoms with Crippen molar-refractivity contribution < 1.29 is 4.39 Å². The summed E-state index contributed by atoms with van der Waals surface area (Å²) in [5.41, 5.74) is 7.31.